The Morgan fingerprint density at radius 3 is 1.94 bits per heavy atom. The van der Waals surface area contributed by atoms with Crippen molar-refractivity contribution in [1.29, 1.82) is 0 Å². The second-order valence-corrected chi connectivity index (χ2v) is 21.3. The second-order valence-electron chi connectivity index (χ2n) is 20.2. The number of benzene rings is 6. The van der Waals surface area contributed by atoms with Crippen molar-refractivity contribution >= 4 is 29.5 Å². The zero-order valence-electron chi connectivity index (χ0n) is 47.2. The van der Waals surface area contributed by atoms with Crippen LogP contribution in [-0.4, -0.2) is 30.8 Å². The quantitative estimate of drug-likeness (QED) is 0.149. The zero-order valence-corrected chi connectivity index (χ0v) is 41.5. The number of hydrogen-bond acceptors (Lipinski definition) is 4. The number of ether oxygens (including phenoxy) is 1. The number of nitrogens with zero attached hydrogens (tertiary/aromatic N) is 6. The number of pyridine rings is 1. The minimum atomic E-state index is -2.50. The van der Waals surface area contributed by atoms with Gasteiger partial charge in [0.15, 0.2) is 0 Å². The molecule has 9 heteroatoms. The first kappa shape index (κ1) is 35.7. The molecule has 0 bridgehead atoms. The van der Waals surface area contributed by atoms with Crippen LogP contribution in [0.5, 0.6) is 11.5 Å². The van der Waals surface area contributed by atoms with Crippen molar-refractivity contribution in [1.82, 2.24) is 23.8 Å². The van der Waals surface area contributed by atoms with Crippen molar-refractivity contribution in [3.8, 4) is 56.4 Å². The number of para-hydroxylation sites is 3. The van der Waals surface area contributed by atoms with Gasteiger partial charge in [-0.3, -0.25) is 0 Å². The Hall–Kier alpha value is -6.50. The predicted octanol–water partition coefficient (Wildman–Crippen LogP) is 14.9. The molecule has 0 aliphatic carbocycles. The first-order valence-electron chi connectivity index (χ1n) is 26.5. The van der Waals surface area contributed by atoms with Crippen molar-refractivity contribution in [2.24, 2.45) is 0 Å². The number of hydrogen-bond donors (Lipinski definition) is 0. The summed E-state index contributed by atoms with van der Waals surface area (Å²) in [6.45, 7) is 15.8. The fourth-order valence-electron chi connectivity index (χ4n) is 8.86. The fourth-order valence-corrected chi connectivity index (χ4v) is 9.96. The maximum atomic E-state index is 9.27. The van der Waals surface area contributed by atoms with Gasteiger partial charge in [-0.15, -0.1) is 0 Å². The van der Waals surface area contributed by atoms with E-state index < -0.39 is 31.9 Å². The third-order valence-electron chi connectivity index (χ3n) is 12.5. The summed E-state index contributed by atoms with van der Waals surface area (Å²) in [6.07, 6.45) is 3.34. The van der Waals surface area contributed by atoms with Crippen LogP contribution < -0.4 is 9.55 Å². The van der Waals surface area contributed by atoms with Gasteiger partial charge in [0.2, 0.25) is 0 Å². The summed E-state index contributed by atoms with van der Waals surface area (Å²) in [4.78, 5) is 6.49. The molecule has 338 valence electrons. The molecule has 0 fully saturated rings. The molecule has 1 aliphatic heterocycles. The van der Waals surface area contributed by atoms with Crippen LogP contribution in [0.4, 0.5) is 11.5 Å². The van der Waals surface area contributed by atoms with Gasteiger partial charge in [0.05, 0.1) is 0 Å². The average molecular weight is 1070 g/mol. The molecule has 9 aromatic rings. The van der Waals surface area contributed by atoms with Crippen molar-refractivity contribution in [3.63, 3.8) is 0 Å². The molecule has 4 heterocycles. The summed E-state index contributed by atoms with van der Waals surface area (Å²) in [7, 11) is 0. The molecule has 67 heavy (non-hydrogen) atoms. The van der Waals surface area contributed by atoms with Gasteiger partial charge in [-0.2, -0.15) is 5.10 Å². The molecule has 0 atom stereocenters. The summed E-state index contributed by atoms with van der Waals surface area (Å²) in [5, 5.41) is 4.52. The molecule has 1 aliphatic rings. The average Bonchev–Trinajstić information content (AvgIpc) is 3.99. The van der Waals surface area contributed by atoms with Gasteiger partial charge in [0, 0.05) is 16.5 Å². The fraction of sp³-hybridized carbons (Fsp3) is 0.224. The van der Waals surface area contributed by atoms with Crippen LogP contribution in [0.25, 0.3) is 55.9 Å². The molecule has 3 aromatic heterocycles. The van der Waals surface area contributed by atoms with Crippen molar-refractivity contribution in [2.75, 3.05) is 4.81 Å². The molecule has 0 unspecified atom stereocenters. The summed E-state index contributed by atoms with van der Waals surface area (Å²) in [6, 6.07) is 37.8. The molecule has 0 spiro atoms. The summed E-state index contributed by atoms with van der Waals surface area (Å²) in [5.74, 6) is 1.47. The molecule has 0 amide bonds. The van der Waals surface area contributed by atoms with E-state index in [0.29, 0.717) is 39.9 Å². The van der Waals surface area contributed by atoms with E-state index >= 15 is 0 Å². The molecule has 0 saturated heterocycles. The Kier molecular flexibility index (Phi) is 8.88. The van der Waals surface area contributed by atoms with Gasteiger partial charge in [0.1, 0.15) is 0 Å². The van der Waals surface area contributed by atoms with Gasteiger partial charge in [0.25, 0.3) is 0 Å². The Bertz CT molecular complexity index is 3760. The number of anilines is 2. The first-order chi connectivity index (χ1) is 35.2. The summed E-state index contributed by atoms with van der Waals surface area (Å²) in [5.41, 5.74) is 10.1. The van der Waals surface area contributed by atoms with Gasteiger partial charge >= 0.3 is 360 Å². The Morgan fingerprint density at radius 2 is 1.25 bits per heavy atom. The van der Waals surface area contributed by atoms with Gasteiger partial charge in [-0.25, -0.2) is 0 Å². The van der Waals surface area contributed by atoms with E-state index in [9.17, 15) is 2.74 Å². The van der Waals surface area contributed by atoms with Crippen LogP contribution in [-0.2, 0) is 35.6 Å². The van der Waals surface area contributed by atoms with E-state index in [1.165, 1.54) is 0 Å². The van der Waals surface area contributed by atoms with E-state index in [1.807, 2.05) is 97.1 Å². The van der Waals surface area contributed by atoms with Crippen LogP contribution >= 0.6 is 0 Å². The molecule has 6 aromatic carbocycles. The van der Waals surface area contributed by atoms with E-state index in [4.69, 9.17) is 17.9 Å². The molecule has 0 radical (unpaired) electrons. The Labute approximate surface area is 417 Å². The molecular formula is C58H57BN6OPt. The minimum absolute atomic E-state index is 0.104. The number of imidazole rings is 1. The number of rotatable bonds is 7. The predicted molar refractivity (Wildman–Crippen MR) is 274 cm³/mol. The van der Waals surface area contributed by atoms with Crippen LogP contribution in [0.1, 0.15) is 90.0 Å². The van der Waals surface area contributed by atoms with E-state index in [0.717, 1.165) is 53.9 Å². The van der Waals surface area contributed by atoms with E-state index in [-0.39, 0.29) is 33.9 Å². The molecule has 10 rings (SSSR count). The first-order valence-corrected chi connectivity index (χ1v) is 23.6. The Morgan fingerprint density at radius 1 is 0.597 bits per heavy atom. The second kappa shape index (κ2) is 16.7. The standard InChI is InChI=1S/C58H57BN6O.Pt/c1-56(2,3)41-28-30-60-54(35-41)64-53-37-46(26-27-49(53)50-29-31-61-65(50)59(64)10)66-45-21-16-20-44(36-45)62-38-63(52-25-15-14-24-51(52)62)55-47(39-18-12-11-13-19-39)22-17-23-48(55)40-32-42(57(4,5)6)34-43(33-40)58(7,8)9;/h11-37H,1-10H3;/i10D3,11D,12D,13D,18D,19D;. The third kappa shape index (κ3) is 8.14. The number of fused-ring (bicyclic) bond motifs is 4. The maximum absolute atomic E-state index is 9.27. The van der Waals surface area contributed by atoms with Crippen LogP contribution in [0.15, 0.2) is 164 Å². The van der Waals surface area contributed by atoms with Crippen LogP contribution in [0.3, 0.4) is 0 Å². The van der Waals surface area contributed by atoms with E-state index in [1.54, 1.807) is 21.8 Å². The van der Waals surface area contributed by atoms with Gasteiger partial charge in [-0.05, 0) is 17.0 Å². The SMILES string of the molecule is [2H]c1c([2H])c([2H])c(-c2cccc(-c3cc(C(C)(C)C)cc(C(C)(C)C)c3)c2-n2[c](=[Pt])n(-c3cccc(Oc4ccc5c(c4)N(c4cc(C(C)(C)C)ccn4)B(C([2H])([2H])[2H])n4nccc4-5)c3)c3ccccc32)c([2H])c1[2H]. The van der Waals surface area contributed by atoms with Crippen molar-refractivity contribution in [2.45, 2.75) is 85.3 Å². The molecular weight excluding hydrogens is 1000 g/mol. The topological polar surface area (TPSA) is 53.0 Å². The molecule has 0 N–H and O–H groups in total. The van der Waals surface area contributed by atoms with Crippen molar-refractivity contribution in [3.05, 3.63) is 184 Å². The van der Waals surface area contributed by atoms with Crippen LogP contribution in [0, 0.1) is 3.80 Å². The zero-order chi connectivity index (χ0) is 53.8. The molecule has 0 saturated carbocycles. The monoisotopic (exact) mass is 1070 g/mol. The Balaban J connectivity index is 1.16. The van der Waals surface area contributed by atoms with E-state index in [2.05, 4.69) is 120 Å². The third-order valence-corrected chi connectivity index (χ3v) is 13.5. The van der Waals surface area contributed by atoms with Gasteiger partial charge < -0.3 is 0 Å². The summed E-state index contributed by atoms with van der Waals surface area (Å²) >= 11 is 2.33. The summed E-state index contributed by atoms with van der Waals surface area (Å²) < 4.78 is 84.4. The van der Waals surface area contributed by atoms with Crippen molar-refractivity contribution < 1.29 is 35.1 Å². The number of aromatic nitrogens is 5. The molecule has 7 nitrogen and oxygen atoms in total. The van der Waals surface area contributed by atoms with Crippen LogP contribution in [0.2, 0.25) is 6.75 Å². The van der Waals surface area contributed by atoms with Gasteiger partial charge in [-0.1, -0.05) is 20.8 Å². The normalized spacial score (nSPS) is 14.9.